The minimum atomic E-state index is -0.535. The molecular weight excluding hydrogens is 316 g/mol. The Kier molecular flexibility index (Phi) is 5.59. The lowest BCUT2D eigenvalue weighted by Crippen LogP contribution is -2.24. The molecule has 0 heterocycles. The van der Waals surface area contributed by atoms with Gasteiger partial charge in [-0.15, -0.1) is 11.8 Å². The number of carbonyl (C=O) groups is 1. The van der Waals surface area contributed by atoms with Crippen LogP contribution >= 0.6 is 23.4 Å². The third kappa shape index (κ3) is 5.02. The van der Waals surface area contributed by atoms with E-state index in [1.807, 2.05) is 12.1 Å². The zero-order valence-corrected chi connectivity index (χ0v) is 12.5. The van der Waals surface area contributed by atoms with Gasteiger partial charge in [0.2, 0.25) is 5.91 Å². The van der Waals surface area contributed by atoms with Crippen molar-refractivity contribution in [2.45, 2.75) is 11.4 Å². The lowest BCUT2D eigenvalue weighted by molar-refractivity contribution is -0.118. The van der Waals surface area contributed by atoms with E-state index in [0.717, 1.165) is 35.5 Å². The molecule has 2 rings (SSSR count). The predicted molar refractivity (Wildman–Crippen MR) is 80.4 cm³/mol. The number of halogens is 3. The number of benzene rings is 2. The minimum Gasteiger partial charge on any atom is -0.351 e. The minimum absolute atomic E-state index is 0.0218. The molecule has 0 aliphatic carbocycles. The summed E-state index contributed by atoms with van der Waals surface area (Å²) in [5.41, 5.74) is 0.912. The van der Waals surface area contributed by atoms with Crippen LogP contribution in [0.25, 0.3) is 0 Å². The number of rotatable bonds is 5. The highest BCUT2D eigenvalue weighted by molar-refractivity contribution is 8.00. The molecule has 6 heteroatoms. The van der Waals surface area contributed by atoms with Gasteiger partial charge in [0.1, 0.15) is 11.6 Å². The topological polar surface area (TPSA) is 29.1 Å². The van der Waals surface area contributed by atoms with Crippen LogP contribution in [0.15, 0.2) is 47.4 Å². The lowest BCUT2D eigenvalue weighted by atomic mass is 10.2. The van der Waals surface area contributed by atoms with E-state index >= 15 is 0 Å². The maximum atomic E-state index is 13.4. The van der Waals surface area contributed by atoms with Crippen LogP contribution in [0.2, 0.25) is 5.02 Å². The fourth-order valence-electron chi connectivity index (χ4n) is 1.59. The maximum Gasteiger partial charge on any atom is 0.230 e. The Morgan fingerprint density at radius 2 is 1.86 bits per heavy atom. The second-order valence-corrected chi connectivity index (χ2v) is 5.72. The van der Waals surface area contributed by atoms with Gasteiger partial charge in [-0.1, -0.05) is 23.7 Å². The highest BCUT2D eigenvalue weighted by atomic mass is 35.5. The fourth-order valence-corrected chi connectivity index (χ4v) is 2.50. The van der Waals surface area contributed by atoms with Gasteiger partial charge in [0, 0.05) is 16.5 Å². The predicted octanol–water partition coefficient (Wildman–Crippen LogP) is 4.03. The first kappa shape index (κ1) is 15.8. The van der Waals surface area contributed by atoms with Gasteiger partial charge in [-0.2, -0.15) is 0 Å². The van der Waals surface area contributed by atoms with Crippen LogP contribution < -0.4 is 5.32 Å². The third-order valence-corrected chi connectivity index (χ3v) is 3.94. The Bertz CT molecular complexity index is 634. The number of nitrogens with one attached hydrogen (secondary N) is 1. The van der Waals surface area contributed by atoms with Crippen molar-refractivity contribution >= 4 is 29.3 Å². The molecule has 0 unspecified atom stereocenters. The highest BCUT2D eigenvalue weighted by Gasteiger charge is 2.08. The number of hydrogen-bond acceptors (Lipinski definition) is 2. The molecule has 0 radical (unpaired) electrons. The molecule has 2 aromatic carbocycles. The van der Waals surface area contributed by atoms with Crippen molar-refractivity contribution in [3.8, 4) is 0 Å². The van der Waals surface area contributed by atoms with Crippen molar-refractivity contribution in [1.82, 2.24) is 5.32 Å². The van der Waals surface area contributed by atoms with E-state index in [1.165, 1.54) is 0 Å². The molecule has 21 heavy (non-hydrogen) atoms. The van der Waals surface area contributed by atoms with Gasteiger partial charge in [0.15, 0.2) is 0 Å². The quantitative estimate of drug-likeness (QED) is 0.840. The van der Waals surface area contributed by atoms with Crippen LogP contribution in [-0.4, -0.2) is 11.7 Å². The summed E-state index contributed by atoms with van der Waals surface area (Å²) in [6.45, 7) is 0.363. The molecule has 0 bridgehead atoms. The number of carbonyl (C=O) groups excluding carboxylic acids is 1. The van der Waals surface area contributed by atoms with E-state index in [-0.39, 0.29) is 16.6 Å². The van der Waals surface area contributed by atoms with Crippen LogP contribution in [0.4, 0.5) is 8.78 Å². The summed E-state index contributed by atoms with van der Waals surface area (Å²) >= 11 is 6.72. The summed E-state index contributed by atoms with van der Waals surface area (Å²) in [6, 6.07) is 10.2. The first-order valence-electron chi connectivity index (χ1n) is 6.13. The molecule has 0 spiro atoms. The highest BCUT2D eigenvalue weighted by Crippen LogP contribution is 2.22. The average Bonchev–Trinajstić information content (AvgIpc) is 2.47. The van der Waals surface area contributed by atoms with E-state index in [1.54, 1.807) is 12.1 Å². The van der Waals surface area contributed by atoms with Gasteiger partial charge in [-0.05, 0) is 35.9 Å². The normalized spacial score (nSPS) is 10.4. The van der Waals surface area contributed by atoms with Crippen LogP contribution in [0.5, 0.6) is 0 Å². The van der Waals surface area contributed by atoms with E-state index in [4.69, 9.17) is 11.6 Å². The van der Waals surface area contributed by atoms with Crippen LogP contribution in [-0.2, 0) is 11.3 Å². The SMILES string of the molecule is O=C(CSc1cc(F)ccc1F)NCc1ccc(Cl)cc1. The van der Waals surface area contributed by atoms with E-state index < -0.39 is 11.6 Å². The van der Waals surface area contributed by atoms with Gasteiger partial charge in [-0.3, -0.25) is 4.79 Å². The van der Waals surface area contributed by atoms with E-state index in [0.29, 0.717) is 11.6 Å². The first-order chi connectivity index (χ1) is 10.0. The van der Waals surface area contributed by atoms with Crippen molar-refractivity contribution in [3.05, 3.63) is 64.7 Å². The van der Waals surface area contributed by atoms with Crippen LogP contribution in [0.1, 0.15) is 5.56 Å². The average molecular weight is 328 g/mol. The van der Waals surface area contributed by atoms with Crippen molar-refractivity contribution in [2.75, 3.05) is 5.75 Å². The summed E-state index contributed by atoms with van der Waals surface area (Å²) in [7, 11) is 0. The molecule has 0 aliphatic rings. The van der Waals surface area contributed by atoms with Gasteiger partial charge in [0.05, 0.1) is 5.75 Å². The van der Waals surface area contributed by atoms with Crippen LogP contribution in [0, 0.1) is 11.6 Å². The largest absolute Gasteiger partial charge is 0.351 e. The van der Waals surface area contributed by atoms with Gasteiger partial charge >= 0.3 is 0 Å². The lowest BCUT2D eigenvalue weighted by Gasteiger charge is -2.06. The van der Waals surface area contributed by atoms with Crippen molar-refractivity contribution < 1.29 is 13.6 Å². The summed E-state index contributed by atoms with van der Waals surface area (Å²) in [5, 5.41) is 3.33. The summed E-state index contributed by atoms with van der Waals surface area (Å²) in [4.78, 5) is 11.8. The molecule has 0 aliphatic heterocycles. The molecule has 1 N–H and O–H groups in total. The number of hydrogen-bond donors (Lipinski definition) is 1. The third-order valence-electron chi connectivity index (χ3n) is 2.65. The summed E-state index contributed by atoms with van der Waals surface area (Å²) in [5.74, 6) is -1.29. The Balaban J connectivity index is 1.82. The molecule has 0 saturated heterocycles. The van der Waals surface area contributed by atoms with E-state index in [9.17, 15) is 13.6 Å². The van der Waals surface area contributed by atoms with E-state index in [2.05, 4.69) is 5.32 Å². The molecule has 0 saturated carbocycles. The molecule has 2 aromatic rings. The monoisotopic (exact) mass is 327 g/mol. The smallest absolute Gasteiger partial charge is 0.230 e. The summed E-state index contributed by atoms with van der Waals surface area (Å²) in [6.07, 6.45) is 0. The zero-order chi connectivity index (χ0) is 15.2. The van der Waals surface area contributed by atoms with Crippen molar-refractivity contribution in [3.63, 3.8) is 0 Å². The Morgan fingerprint density at radius 1 is 1.14 bits per heavy atom. The fraction of sp³-hybridized carbons (Fsp3) is 0.133. The summed E-state index contributed by atoms with van der Waals surface area (Å²) < 4.78 is 26.4. The molecule has 110 valence electrons. The Morgan fingerprint density at radius 3 is 2.57 bits per heavy atom. The zero-order valence-electron chi connectivity index (χ0n) is 10.9. The van der Waals surface area contributed by atoms with Crippen molar-refractivity contribution in [2.24, 2.45) is 0 Å². The van der Waals surface area contributed by atoms with Gasteiger partial charge in [0.25, 0.3) is 0 Å². The second-order valence-electron chi connectivity index (χ2n) is 4.27. The first-order valence-corrected chi connectivity index (χ1v) is 7.50. The second kappa shape index (κ2) is 7.43. The number of thioether (sulfide) groups is 1. The van der Waals surface area contributed by atoms with Gasteiger partial charge < -0.3 is 5.32 Å². The van der Waals surface area contributed by atoms with Gasteiger partial charge in [-0.25, -0.2) is 8.78 Å². The molecule has 0 fully saturated rings. The molecule has 0 atom stereocenters. The maximum absolute atomic E-state index is 13.4. The standard InChI is InChI=1S/C15H12ClF2NOS/c16-11-3-1-10(2-4-11)8-19-15(20)9-21-14-7-12(17)5-6-13(14)18/h1-7H,8-9H2,(H,19,20). The molecule has 1 amide bonds. The molecule has 2 nitrogen and oxygen atoms in total. The molecule has 0 aromatic heterocycles. The number of amides is 1. The van der Waals surface area contributed by atoms with Crippen LogP contribution in [0.3, 0.4) is 0 Å². The molecular formula is C15H12ClF2NOS. The van der Waals surface area contributed by atoms with Crippen molar-refractivity contribution in [1.29, 1.82) is 0 Å². The Labute approximate surface area is 130 Å². The Hall–Kier alpha value is -1.59.